The number of amides is 1. The molecule has 0 fully saturated rings. The lowest BCUT2D eigenvalue weighted by Gasteiger charge is -2.39. The molecule has 166 valence electrons. The zero-order valence-corrected chi connectivity index (χ0v) is 17.4. The third-order valence-electron chi connectivity index (χ3n) is 6.32. The highest BCUT2D eigenvalue weighted by atomic mass is 19.4. The standard InChI is InChI=1S/C23H21F3N4O2/c1-14-12-28(13-27-14)19-7-8-20-22(32)29(9-10-30(20)21(19)31)18-4-2-3-15-5-6-16(11-17(15)18)23(24,25)26/h5-8,11-13,18H,2-4,9-10H2,1H3. The van der Waals surface area contributed by atoms with Crippen molar-refractivity contribution < 1.29 is 18.0 Å². The maximum atomic E-state index is 13.3. The van der Waals surface area contributed by atoms with Crippen molar-refractivity contribution in [3.63, 3.8) is 0 Å². The van der Waals surface area contributed by atoms with E-state index in [0.717, 1.165) is 23.7 Å². The lowest BCUT2D eigenvalue weighted by atomic mass is 9.85. The van der Waals surface area contributed by atoms with Crippen LogP contribution in [0, 0.1) is 6.92 Å². The van der Waals surface area contributed by atoms with Gasteiger partial charge in [0, 0.05) is 19.3 Å². The molecule has 3 aromatic rings. The summed E-state index contributed by atoms with van der Waals surface area (Å²) in [6.07, 6.45) is 0.918. The van der Waals surface area contributed by atoms with Crippen LogP contribution in [0.25, 0.3) is 5.69 Å². The van der Waals surface area contributed by atoms with Gasteiger partial charge in [-0.2, -0.15) is 13.2 Å². The zero-order valence-electron chi connectivity index (χ0n) is 17.4. The number of carbonyl (C=O) groups excluding carboxylic acids is 1. The van der Waals surface area contributed by atoms with Gasteiger partial charge >= 0.3 is 6.18 Å². The van der Waals surface area contributed by atoms with Gasteiger partial charge in [-0.1, -0.05) is 6.07 Å². The average Bonchev–Trinajstić information content (AvgIpc) is 3.19. The highest BCUT2D eigenvalue weighted by Crippen LogP contribution is 2.39. The molecule has 1 aromatic carbocycles. The Morgan fingerprint density at radius 2 is 1.91 bits per heavy atom. The molecule has 2 aromatic heterocycles. The maximum Gasteiger partial charge on any atom is 0.416 e. The minimum atomic E-state index is -4.44. The van der Waals surface area contributed by atoms with Crippen molar-refractivity contribution in [2.24, 2.45) is 0 Å². The van der Waals surface area contributed by atoms with Crippen molar-refractivity contribution in [3.8, 4) is 5.69 Å². The Morgan fingerprint density at radius 1 is 1.09 bits per heavy atom. The number of nitrogens with zero attached hydrogens (tertiary/aromatic N) is 4. The summed E-state index contributed by atoms with van der Waals surface area (Å²) >= 11 is 0. The molecule has 0 radical (unpaired) electrons. The normalized spacial score (nSPS) is 18.4. The molecule has 32 heavy (non-hydrogen) atoms. The van der Waals surface area contributed by atoms with Crippen molar-refractivity contribution in [2.75, 3.05) is 6.54 Å². The number of rotatable bonds is 2. The van der Waals surface area contributed by atoms with E-state index in [2.05, 4.69) is 4.98 Å². The molecule has 0 saturated carbocycles. The van der Waals surface area contributed by atoms with Crippen molar-refractivity contribution in [2.45, 2.75) is 44.9 Å². The molecule has 1 aliphatic carbocycles. The third-order valence-corrected chi connectivity index (χ3v) is 6.32. The number of halogens is 3. The number of carbonyl (C=O) groups is 1. The fourth-order valence-electron chi connectivity index (χ4n) is 4.75. The highest BCUT2D eigenvalue weighted by Gasteiger charge is 2.37. The van der Waals surface area contributed by atoms with E-state index in [9.17, 15) is 22.8 Å². The molecule has 6 nitrogen and oxygen atoms in total. The second kappa shape index (κ2) is 7.36. The van der Waals surface area contributed by atoms with Crippen LogP contribution in [0.2, 0.25) is 0 Å². The van der Waals surface area contributed by atoms with E-state index in [1.165, 1.54) is 16.7 Å². The Hall–Kier alpha value is -3.36. The lowest BCUT2D eigenvalue weighted by molar-refractivity contribution is -0.137. The Bertz CT molecular complexity index is 1270. The largest absolute Gasteiger partial charge is 0.416 e. The second-order valence-electron chi connectivity index (χ2n) is 8.30. The molecular formula is C23H21F3N4O2. The molecule has 1 atom stereocenters. The SMILES string of the molecule is Cc1cn(-c2ccc3n(c2=O)CCN(C2CCCc4ccc(C(F)(F)F)cc42)C3=O)cn1. The summed E-state index contributed by atoms with van der Waals surface area (Å²) in [6.45, 7) is 2.37. The highest BCUT2D eigenvalue weighted by molar-refractivity contribution is 5.93. The summed E-state index contributed by atoms with van der Waals surface area (Å²) in [7, 11) is 0. The molecule has 2 aliphatic rings. The minimum Gasteiger partial charge on any atom is -0.329 e. The van der Waals surface area contributed by atoms with E-state index < -0.39 is 17.8 Å². The zero-order chi connectivity index (χ0) is 22.6. The lowest BCUT2D eigenvalue weighted by Crippen LogP contribution is -2.47. The number of imidazole rings is 1. The van der Waals surface area contributed by atoms with Crippen LogP contribution < -0.4 is 5.56 Å². The smallest absolute Gasteiger partial charge is 0.329 e. The monoisotopic (exact) mass is 442 g/mol. The van der Waals surface area contributed by atoms with Crippen LogP contribution in [0.1, 0.15) is 51.8 Å². The van der Waals surface area contributed by atoms with Gasteiger partial charge in [-0.05, 0) is 61.6 Å². The van der Waals surface area contributed by atoms with E-state index >= 15 is 0 Å². The van der Waals surface area contributed by atoms with Gasteiger partial charge in [0.2, 0.25) is 0 Å². The maximum absolute atomic E-state index is 13.3. The summed E-state index contributed by atoms with van der Waals surface area (Å²) in [5.41, 5.74) is 1.82. The van der Waals surface area contributed by atoms with Crippen LogP contribution in [-0.4, -0.2) is 31.5 Å². The number of benzene rings is 1. The Kier molecular flexibility index (Phi) is 4.72. The predicted octanol–water partition coefficient (Wildman–Crippen LogP) is 3.89. The van der Waals surface area contributed by atoms with Gasteiger partial charge in [0.25, 0.3) is 11.5 Å². The van der Waals surface area contributed by atoms with Gasteiger partial charge in [0.05, 0.1) is 23.6 Å². The summed E-state index contributed by atoms with van der Waals surface area (Å²) in [6, 6.07) is 6.57. The first kappa shape index (κ1) is 20.5. The van der Waals surface area contributed by atoms with Gasteiger partial charge in [-0.15, -0.1) is 0 Å². The first-order chi connectivity index (χ1) is 15.2. The number of aryl methyl sites for hydroxylation is 2. The van der Waals surface area contributed by atoms with Crippen LogP contribution in [0.5, 0.6) is 0 Å². The molecule has 1 unspecified atom stereocenters. The number of alkyl halides is 3. The van der Waals surface area contributed by atoms with E-state index in [1.807, 2.05) is 6.92 Å². The summed E-state index contributed by atoms with van der Waals surface area (Å²) in [5, 5.41) is 0. The number of aromatic nitrogens is 3. The Morgan fingerprint density at radius 3 is 2.62 bits per heavy atom. The molecule has 1 amide bonds. The number of fused-ring (bicyclic) bond motifs is 2. The first-order valence-electron chi connectivity index (χ1n) is 10.5. The quantitative estimate of drug-likeness (QED) is 0.605. The summed E-state index contributed by atoms with van der Waals surface area (Å²) < 4.78 is 43.0. The molecule has 0 N–H and O–H groups in total. The van der Waals surface area contributed by atoms with Gasteiger partial charge in [-0.3, -0.25) is 9.59 Å². The molecule has 1 aliphatic heterocycles. The van der Waals surface area contributed by atoms with Crippen molar-refractivity contribution >= 4 is 5.91 Å². The molecule has 9 heteroatoms. The average molecular weight is 442 g/mol. The molecule has 0 saturated heterocycles. The first-order valence-corrected chi connectivity index (χ1v) is 10.5. The Balaban J connectivity index is 1.51. The fourth-order valence-corrected chi connectivity index (χ4v) is 4.75. The fraction of sp³-hybridized carbons (Fsp3) is 0.348. The van der Waals surface area contributed by atoms with Crippen LogP contribution in [0.4, 0.5) is 13.2 Å². The third kappa shape index (κ3) is 3.32. The van der Waals surface area contributed by atoms with Crippen LogP contribution in [0.15, 0.2) is 47.7 Å². The van der Waals surface area contributed by atoms with Crippen molar-refractivity contribution in [3.05, 3.63) is 81.3 Å². The molecule has 0 bridgehead atoms. The van der Waals surface area contributed by atoms with Crippen molar-refractivity contribution in [1.29, 1.82) is 0 Å². The molecule has 3 heterocycles. The van der Waals surface area contributed by atoms with Crippen LogP contribution >= 0.6 is 0 Å². The number of hydrogen-bond donors (Lipinski definition) is 0. The summed E-state index contributed by atoms with van der Waals surface area (Å²) in [4.78, 5) is 32.1. The molecule has 0 spiro atoms. The molecular weight excluding hydrogens is 421 g/mol. The van der Waals surface area contributed by atoms with E-state index in [4.69, 9.17) is 0 Å². The molecule has 5 rings (SSSR count). The summed E-state index contributed by atoms with van der Waals surface area (Å²) in [5.74, 6) is -0.336. The topological polar surface area (TPSA) is 60.1 Å². The number of hydrogen-bond acceptors (Lipinski definition) is 3. The van der Waals surface area contributed by atoms with Crippen LogP contribution in [-0.2, 0) is 19.1 Å². The Labute approximate surface area is 181 Å². The van der Waals surface area contributed by atoms with E-state index in [1.54, 1.807) is 34.1 Å². The minimum absolute atomic E-state index is 0.251. The van der Waals surface area contributed by atoms with Crippen LogP contribution in [0.3, 0.4) is 0 Å². The van der Waals surface area contributed by atoms with Gasteiger partial charge in [-0.25, -0.2) is 4.98 Å². The predicted molar refractivity (Wildman–Crippen MR) is 111 cm³/mol. The van der Waals surface area contributed by atoms with Gasteiger partial charge in [0.1, 0.15) is 11.4 Å². The van der Waals surface area contributed by atoms with E-state index in [0.29, 0.717) is 24.1 Å². The van der Waals surface area contributed by atoms with Gasteiger partial charge in [0.15, 0.2) is 0 Å². The second-order valence-corrected chi connectivity index (χ2v) is 8.30. The van der Waals surface area contributed by atoms with Gasteiger partial charge < -0.3 is 14.0 Å². The number of pyridine rings is 1. The van der Waals surface area contributed by atoms with E-state index in [-0.39, 0.29) is 30.2 Å². The van der Waals surface area contributed by atoms with Crippen molar-refractivity contribution in [1.82, 2.24) is 19.0 Å².